The molecule has 0 heterocycles. The van der Waals surface area contributed by atoms with E-state index in [1.807, 2.05) is 6.92 Å². The lowest BCUT2D eigenvalue weighted by Crippen LogP contribution is -2.39. The number of hydrogen-bond donors (Lipinski definition) is 1. The van der Waals surface area contributed by atoms with Crippen molar-refractivity contribution in [3.8, 4) is 17.2 Å². The minimum atomic E-state index is -4.12. The summed E-state index contributed by atoms with van der Waals surface area (Å²) in [6.07, 6.45) is 3.01. The molecule has 0 aliphatic carbocycles. The van der Waals surface area contributed by atoms with Crippen LogP contribution in [0.25, 0.3) is 0 Å². The number of benzene rings is 3. The predicted molar refractivity (Wildman–Crippen MR) is 156 cm³/mol. The van der Waals surface area contributed by atoms with Gasteiger partial charge in [0.25, 0.3) is 15.9 Å². The third kappa shape index (κ3) is 7.98. The van der Waals surface area contributed by atoms with Gasteiger partial charge in [0.15, 0.2) is 11.5 Å². The number of ether oxygens (including phenoxy) is 3. The minimum absolute atomic E-state index is 0.0206. The van der Waals surface area contributed by atoms with Crippen molar-refractivity contribution in [1.82, 2.24) is 5.43 Å². The average Bonchev–Trinajstić information content (AvgIpc) is 2.92. The van der Waals surface area contributed by atoms with E-state index in [1.54, 1.807) is 42.5 Å². The van der Waals surface area contributed by atoms with Crippen molar-refractivity contribution < 1.29 is 27.4 Å². The van der Waals surface area contributed by atoms with Gasteiger partial charge in [-0.05, 0) is 89.1 Å². The average molecular weight is 637 g/mol. The summed E-state index contributed by atoms with van der Waals surface area (Å²) >= 11 is 9.37. The van der Waals surface area contributed by atoms with E-state index in [1.165, 1.54) is 37.6 Å². The Bertz CT molecular complexity index is 1430. The lowest BCUT2D eigenvalue weighted by molar-refractivity contribution is -0.119. The van der Waals surface area contributed by atoms with Gasteiger partial charge in [-0.3, -0.25) is 9.10 Å². The van der Waals surface area contributed by atoms with E-state index in [2.05, 4.69) is 33.0 Å². The van der Waals surface area contributed by atoms with Crippen molar-refractivity contribution in [1.29, 1.82) is 0 Å². The van der Waals surface area contributed by atoms with Gasteiger partial charge in [0.2, 0.25) is 0 Å². The summed E-state index contributed by atoms with van der Waals surface area (Å²) in [6.45, 7) is 5.69. The number of nitrogens with one attached hydrogen (secondary N) is 1. The fourth-order valence-corrected chi connectivity index (χ4v) is 5.49. The summed E-state index contributed by atoms with van der Waals surface area (Å²) in [5, 5.41) is 4.37. The second kappa shape index (κ2) is 14.0. The first-order chi connectivity index (χ1) is 18.7. The molecular formula is C27H27BrClN3O6S. The number of amides is 1. The summed E-state index contributed by atoms with van der Waals surface area (Å²) in [7, 11) is -2.62. The summed E-state index contributed by atoms with van der Waals surface area (Å²) in [5.41, 5.74) is 3.25. The van der Waals surface area contributed by atoms with Crippen molar-refractivity contribution >= 4 is 55.4 Å². The summed E-state index contributed by atoms with van der Waals surface area (Å²) in [5.74, 6) is 0.864. The molecule has 206 valence electrons. The number of sulfonamides is 1. The molecule has 1 amide bonds. The highest BCUT2D eigenvalue weighted by molar-refractivity contribution is 9.10. The molecule has 0 aromatic heterocycles. The fourth-order valence-electron chi connectivity index (χ4n) is 3.37. The Morgan fingerprint density at radius 1 is 1.13 bits per heavy atom. The highest BCUT2D eigenvalue weighted by atomic mass is 79.9. The molecule has 1 N–H and O–H groups in total. The molecule has 0 saturated heterocycles. The number of hydrogen-bond acceptors (Lipinski definition) is 7. The van der Waals surface area contributed by atoms with Crippen molar-refractivity contribution in [2.24, 2.45) is 5.10 Å². The smallest absolute Gasteiger partial charge is 0.264 e. The van der Waals surface area contributed by atoms with Crippen LogP contribution >= 0.6 is 27.5 Å². The number of carbonyl (C=O) groups excluding carboxylic acids is 1. The first kappa shape index (κ1) is 30.0. The molecule has 0 radical (unpaired) electrons. The molecule has 3 aromatic carbocycles. The standard InChI is InChI=1S/C27H27BrClN3O6S/c1-4-14-38-27-24(28)15-19(16-25(27)36-3)17-30-31-26(33)18-32(21-8-10-22(11-9-21)37-5-2)39(34,35)23-12-6-20(29)7-13-23/h4,6-13,15-17H,1,5,14,18H2,2-3H3,(H,31,33)/b30-17-. The predicted octanol–water partition coefficient (Wildman–Crippen LogP) is 5.42. The maximum absolute atomic E-state index is 13.5. The lowest BCUT2D eigenvalue weighted by Gasteiger charge is -2.24. The number of nitrogens with zero attached hydrogens (tertiary/aromatic N) is 2. The van der Waals surface area contributed by atoms with E-state index >= 15 is 0 Å². The monoisotopic (exact) mass is 635 g/mol. The van der Waals surface area contributed by atoms with Gasteiger partial charge in [-0.2, -0.15) is 5.10 Å². The topological polar surface area (TPSA) is 107 Å². The molecule has 12 heteroatoms. The van der Waals surface area contributed by atoms with Gasteiger partial charge in [-0.1, -0.05) is 24.3 Å². The van der Waals surface area contributed by atoms with Crippen LogP contribution in [-0.4, -0.2) is 47.4 Å². The molecule has 9 nitrogen and oxygen atoms in total. The second-order valence-electron chi connectivity index (χ2n) is 7.82. The zero-order valence-corrected chi connectivity index (χ0v) is 24.4. The first-order valence-corrected chi connectivity index (χ1v) is 14.2. The Hall–Kier alpha value is -3.54. The molecule has 0 fully saturated rings. The maximum Gasteiger partial charge on any atom is 0.264 e. The molecule has 3 aromatic rings. The van der Waals surface area contributed by atoms with Crippen LogP contribution in [-0.2, 0) is 14.8 Å². The van der Waals surface area contributed by atoms with Crippen LogP contribution < -0.4 is 23.9 Å². The van der Waals surface area contributed by atoms with Crippen LogP contribution in [0.1, 0.15) is 12.5 Å². The third-order valence-electron chi connectivity index (χ3n) is 5.12. The van der Waals surface area contributed by atoms with Crippen molar-refractivity contribution in [3.05, 3.63) is 88.4 Å². The Balaban J connectivity index is 1.82. The van der Waals surface area contributed by atoms with Gasteiger partial charge in [0, 0.05) is 5.02 Å². The Morgan fingerprint density at radius 2 is 1.82 bits per heavy atom. The molecule has 0 aliphatic heterocycles. The molecule has 39 heavy (non-hydrogen) atoms. The second-order valence-corrected chi connectivity index (χ2v) is 11.0. The largest absolute Gasteiger partial charge is 0.494 e. The molecular weight excluding hydrogens is 610 g/mol. The van der Waals surface area contributed by atoms with Crippen LogP contribution in [0.3, 0.4) is 0 Å². The molecule has 0 spiro atoms. The molecule has 3 rings (SSSR count). The van der Waals surface area contributed by atoms with Gasteiger partial charge in [-0.25, -0.2) is 13.8 Å². The van der Waals surface area contributed by atoms with Gasteiger partial charge in [0.05, 0.1) is 35.0 Å². The molecule has 0 aliphatic rings. The zero-order valence-electron chi connectivity index (χ0n) is 21.3. The van der Waals surface area contributed by atoms with Crippen molar-refractivity contribution in [3.63, 3.8) is 0 Å². The van der Waals surface area contributed by atoms with Gasteiger partial charge >= 0.3 is 0 Å². The van der Waals surface area contributed by atoms with E-state index in [0.717, 1.165) is 4.31 Å². The highest BCUT2D eigenvalue weighted by Crippen LogP contribution is 2.36. The lowest BCUT2D eigenvalue weighted by atomic mass is 10.2. The van der Waals surface area contributed by atoms with E-state index in [-0.39, 0.29) is 10.6 Å². The van der Waals surface area contributed by atoms with Gasteiger partial charge in [-0.15, -0.1) is 0 Å². The molecule has 0 bridgehead atoms. The normalized spacial score (nSPS) is 11.2. The zero-order chi connectivity index (χ0) is 28.4. The number of halogens is 2. The summed E-state index contributed by atoms with van der Waals surface area (Å²) < 4.78 is 45.0. The molecule has 0 saturated carbocycles. The van der Waals surface area contributed by atoms with Crippen LogP contribution in [0.5, 0.6) is 17.2 Å². The van der Waals surface area contributed by atoms with E-state index in [4.69, 9.17) is 25.8 Å². The first-order valence-electron chi connectivity index (χ1n) is 11.6. The van der Waals surface area contributed by atoms with E-state index < -0.39 is 22.5 Å². The van der Waals surface area contributed by atoms with Gasteiger partial charge in [0.1, 0.15) is 18.9 Å². The highest BCUT2D eigenvalue weighted by Gasteiger charge is 2.27. The van der Waals surface area contributed by atoms with Crippen LogP contribution in [0.2, 0.25) is 5.02 Å². The summed E-state index contributed by atoms with van der Waals surface area (Å²) in [4.78, 5) is 12.8. The number of carbonyl (C=O) groups is 1. The van der Waals surface area contributed by atoms with Gasteiger partial charge < -0.3 is 14.2 Å². The number of methoxy groups -OCH3 is 1. The number of hydrazone groups is 1. The Kier molecular flexibility index (Phi) is 10.8. The Morgan fingerprint density at radius 3 is 2.44 bits per heavy atom. The number of anilines is 1. The van der Waals surface area contributed by atoms with E-state index in [0.29, 0.717) is 45.5 Å². The quantitative estimate of drug-likeness (QED) is 0.153. The fraction of sp³-hybridized carbons (Fsp3) is 0.185. The Labute approximate surface area is 241 Å². The van der Waals surface area contributed by atoms with Crippen molar-refractivity contribution in [2.45, 2.75) is 11.8 Å². The SMILES string of the molecule is C=CCOc1c(Br)cc(/C=N\NC(=O)CN(c2ccc(OCC)cc2)S(=O)(=O)c2ccc(Cl)cc2)cc1OC. The van der Waals surface area contributed by atoms with Crippen LogP contribution in [0, 0.1) is 0 Å². The van der Waals surface area contributed by atoms with Crippen LogP contribution in [0.15, 0.2) is 87.8 Å². The maximum atomic E-state index is 13.5. The molecule has 0 atom stereocenters. The number of rotatable bonds is 13. The summed E-state index contributed by atoms with van der Waals surface area (Å²) in [6, 6.07) is 15.5. The third-order valence-corrected chi connectivity index (χ3v) is 7.75. The molecule has 0 unspecified atom stereocenters. The van der Waals surface area contributed by atoms with Crippen molar-refractivity contribution in [2.75, 3.05) is 31.2 Å². The van der Waals surface area contributed by atoms with Crippen LogP contribution in [0.4, 0.5) is 5.69 Å². The van der Waals surface area contributed by atoms with E-state index in [9.17, 15) is 13.2 Å². The minimum Gasteiger partial charge on any atom is -0.494 e.